The number of ether oxygens (including phenoxy) is 2. The highest BCUT2D eigenvalue weighted by Gasteiger charge is 2.27. The van der Waals surface area contributed by atoms with E-state index in [2.05, 4.69) is 16.3 Å². The summed E-state index contributed by atoms with van der Waals surface area (Å²) in [4.78, 5) is 16.4. The van der Waals surface area contributed by atoms with E-state index in [1.54, 1.807) is 25.6 Å². The maximum absolute atomic E-state index is 13.1. The maximum atomic E-state index is 13.1. The molecule has 1 aromatic heterocycles. The molecule has 0 bridgehead atoms. The molecule has 0 spiro atoms. The SMILES string of the molecule is COc1ccc(CC(=O)N(Cc2cccs2)C2CCCC2)c(OC)c1. The van der Waals surface area contributed by atoms with E-state index in [0.717, 1.165) is 24.2 Å². The van der Waals surface area contributed by atoms with Gasteiger partial charge in [-0.05, 0) is 30.4 Å². The predicted octanol–water partition coefficient (Wildman–Crippen LogP) is 4.28. The number of methoxy groups -OCH3 is 2. The molecule has 1 aliphatic carbocycles. The number of amides is 1. The zero-order valence-corrected chi connectivity index (χ0v) is 15.7. The second-order valence-corrected chi connectivity index (χ2v) is 7.43. The van der Waals surface area contributed by atoms with Crippen molar-refractivity contribution in [2.45, 2.75) is 44.7 Å². The molecule has 3 rings (SSSR count). The van der Waals surface area contributed by atoms with E-state index >= 15 is 0 Å². The van der Waals surface area contributed by atoms with E-state index < -0.39 is 0 Å². The van der Waals surface area contributed by atoms with Gasteiger partial charge in [0.1, 0.15) is 11.5 Å². The average molecular weight is 359 g/mol. The van der Waals surface area contributed by atoms with Crippen LogP contribution in [0.15, 0.2) is 35.7 Å². The van der Waals surface area contributed by atoms with Gasteiger partial charge in [0.15, 0.2) is 0 Å². The zero-order chi connectivity index (χ0) is 17.6. The molecule has 2 aromatic rings. The Morgan fingerprint density at radius 3 is 2.64 bits per heavy atom. The molecular formula is C20H25NO3S. The molecule has 25 heavy (non-hydrogen) atoms. The monoisotopic (exact) mass is 359 g/mol. The summed E-state index contributed by atoms with van der Waals surface area (Å²) in [6.07, 6.45) is 5.00. The van der Waals surface area contributed by atoms with E-state index in [4.69, 9.17) is 9.47 Å². The molecule has 1 saturated carbocycles. The van der Waals surface area contributed by atoms with Crippen LogP contribution in [0.2, 0.25) is 0 Å². The highest BCUT2D eigenvalue weighted by molar-refractivity contribution is 7.09. The van der Waals surface area contributed by atoms with Crippen molar-refractivity contribution in [3.8, 4) is 11.5 Å². The first-order valence-corrected chi connectivity index (χ1v) is 9.62. The molecule has 1 amide bonds. The lowest BCUT2D eigenvalue weighted by molar-refractivity contribution is -0.133. The van der Waals surface area contributed by atoms with Crippen LogP contribution < -0.4 is 9.47 Å². The van der Waals surface area contributed by atoms with Gasteiger partial charge in [0.05, 0.1) is 27.2 Å². The fraction of sp³-hybridized carbons (Fsp3) is 0.450. The summed E-state index contributed by atoms with van der Waals surface area (Å²) in [5.74, 6) is 1.61. The molecule has 1 aromatic carbocycles. The van der Waals surface area contributed by atoms with Crippen molar-refractivity contribution in [3.63, 3.8) is 0 Å². The number of hydrogen-bond donors (Lipinski definition) is 0. The first-order valence-electron chi connectivity index (χ1n) is 8.74. The van der Waals surface area contributed by atoms with Gasteiger partial charge >= 0.3 is 0 Å². The molecule has 1 heterocycles. The van der Waals surface area contributed by atoms with Crippen LogP contribution in [-0.4, -0.2) is 31.1 Å². The minimum Gasteiger partial charge on any atom is -0.497 e. The van der Waals surface area contributed by atoms with Crippen molar-refractivity contribution in [3.05, 3.63) is 46.2 Å². The highest BCUT2D eigenvalue weighted by Crippen LogP contribution is 2.29. The summed E-state index contributed by atoms with van der Waals surface area (Å²) in [7, 11) is 3.26. The Labute approximate surface area is 153 Å². The number of nitrogens with zero attached hydrogens (tertiary/aromatic N) is 1. The van der Waals surface area contributed by atoms with Gasteiger partial charge in [-0.1, -0.05) is 25.0 Å². The van der Waals surface area contributed by atoms with E-state index in [9.17, 15) is 4.79 Å². The van der Waals surface area contributed by atoms with E-state index in [0.29, 0.717) is 24.8 Å². The van der Waals surface area contributed by atoms with Gasteiger partial charge in [0.25, 0.3) is 0 Å². The van der Waals surface area contributed by atoms with Crippen LogP contribution in [0, 0.1) is 0 Å². The number of rotatable bonds is 7. The summed E-state index contributed by atoms with van der Waals surface area (Å²) in [6, 6.07) is 10.1. The Kier molecular flexibility index (Phi) is 5.97. The Hall–Kier alpha value is -2.01. The minimum atomic E-state index is 0.170. The minimum absolute atomic E-state index is 0.170. The standard InChI is InChI=1S/C20H25NO3S/c1-23-17-10-9-15(19(13-17)24-2)12-20(22)21(16-6-3-4-7-16)14-18-8-5-11-25-18/h5,8-11,13,16H,3-4,6-7,12,14H2,1-2H3. The largest absolute Gasteiger partial charge is 0.497 e. The second-order valence-electron chi connectivity index (χ2n) is 6.39. The molecule has 4 nitrogen and oxygen atoms in total. The third-order valence-corrected chi connectivity index (χ3v) is 5.69. The summed E-state index contributed by atoms with van der Waals surface area (Å²) >= 11 is 1.71. The van der Waals surface area contributed by atoms with Gasteiger partial charge in [0.2, 0.25) is 5.91 Å². The van der Waals surface area contributed by atoms with Gasteiger partial charge < -0.3 is 14.4 Å². The van der Waals surface area contributed by atoms with E-state index in [-0.39, 0.29) is 5.91 Å². The smallest absolute Gasteiger partial charge is 0.227 e. The Bertz CT molecular complexity index is 693. The summed E-state index contributed by atoms with van der Waals surface area (Å²) in [5.41, 5.74) is 0.905. The predicted molar refractivity (Wildman–Crippen MR) is 100 cm³/mol. The Balaban J connectivity index is 1.77. The molecule has 0 aliphatic heterocycles. The van der Waals surface area contributed by atoms with Crippen LogP contribution in [-0.2, 0) is 17.8 Å². The van der Waals surface area contributed by atoms with Gasteiger partial charge in [-0.3, -0.25) is 4.79 Å². The van der Waals surface area contributed by atoms with Crippen molar-refractivity contribution in [1.29, 1.82) is 0 Å². The highest BCUT2D eigenvalue weighted by atomic mass is 32.1. The van der Waals surface area contributed by atoms with Crippen LogP contribution >= 0.6 is 11.3 Å². The van der Waals surface area contributed by atoms with Crippen molar-refractivity contribution in [2.75, 3.05) is 14.2 Å². The van der Waals surface area contributed by atoms with Crippen LogP contribution in [0.5, 0.6) is 11.5 Å². The van der Waals surface area contributed by atoms with Crippen LogP contribution in [0.4, 0.5) is 0 Å². The third-order valence-electron chi connectivity index (χ3n) is 4.83. The van der Waals surface area contributed by atoms with Crippen molar-refractivity contribution in [2.24, 2.45) is 0 Å². The lowest BCUT2D eigenvalue weighted by Gasteiger charge is -2.29. The fourth-order valence-corrected chi connectivity index (χ4v) is 4.17. The molecule has 1 aliphatic rings. The first kappa shape index (κ1) is 17.8. The van der Waals surface area contributed by atoms with Crippen molar-refractivity contribution in [1.82, 2.24) is 4.90 Å². The molecule has 0 atom stereocenters. The van der Waals surface area contributed by atoms with Gasteiger partial charge in [-0.15, -0.1) is 11.3 Å². The fourth-order valence-electron chi connectivity index (χ4n) is 3.47. The average Bonchev–Trinajstić information content (AvgIpc) is 3.33. The third kappa shape index (κ3) is 4.34. The van der Waals surface area contributed by atoms with Crippen molar-refractivity contribution >= 4 is 17.2 Å². The molecule has 1 fully saturated rings. The molecule has 0 saturated heterocycles. The maximum Gasteiger partial charge on any atom is 0.227 e. The number of thiophene rings is 1. The summed E-state index contributed by atoms with van der Waals surface area (Å²) in [6.45, 7) is 0.708. The molecule has 0 unspecified atom stereocenters. The van der Waals surface area contributed by atoms with Gasteiger partial charge in [-0.25, -0.2) is 0 Å². The number of benzene rings is 1. The van der Waals surface area contributed by atoms with E-state index in [1.165, 1.54) is 17.7 Å². The molecule has 0 N–H and O–H groups in total. The number of carbonyl (C=O) groups excluding carboxylic acids is 1. The lowest BCUT2D eigenvalue weighted by Crippen LogP contribution is -2.39. The molecule has 5 heteroatoms. The van der Waals surface area contributed by atoms with Gasteiger partial charge in [-0.2, -0.15) is 0 Å². The molecule has 0 radical (unpaired) electrons. The number of carbonyl (C=O) groups is 1. The molecule has 134 valence electrons. The lowest BCUT2D eigenvalue weighted by atomic mass is 10.1. The summed E-state index contributed by atoms with van der Waals surface area (Å²) < 4.78 is 10.7. The second kappa shape index (κ2) is 8.39. The Morgan fingerprint density at radius 2 is 2.00 bits per heavy atom. The Morgan fingerprint density at radius 1 is 1.20 bits per heavy atom. The topological polar surface area (TPSA) is 38.8 Å². The van der Waals surface area contributed by atoms with E-state index in [1.807, 2.05) is 24.3 Å². The quantitative estimate of drug-likeness (QED) is 0.741. The number of hydrogen-bond acceptors (Lipinski definition) is 4. The van der Waals surface area contributed by atoms with Crippen LogP contribution in [0.1, 0.15) is 36.1 Å². The van der Waals surface area contributed by atoms with Gasteiger partial charge in [0, 0.05) is 22.5 Å². The zero-order valence-electron chi connectivity index (χ0n) is 14.9. The van der Waals surface area contributed by atoms with Crippen LogP contribution in [0.3, 0.4) is 0 Å². The normalized spacial score (nSPS) is 14.5. The first-order chi connectivity index (χ1) is 12.2. The summed E-state index contributed by atoms with van der Waals surface area (Å²) in [5, 5.41) is 2.07. The molecular weight excluding hydrogens is 334 g/mol. The van der Waals surface area contributed by atoms with Crippen LogP contribution in [0.25, 0.3) is 0 Å². The van der Waals surface area contributed by atoms with Crippen molar-refractivity contribution < 1.29 is 14.3 Å².